The summed E-state index contributed by atoms with van der Waals surface area (Å²) in [5.74, 6) is -1.41. The van der Waals surface area contributed by atoms with Gasteiger partial charge in [0, 0.05) is 80.2 Å². The molecule has 6 aliphatic rings. The maximum Gasteiger partial charge on any atom is 0.321 e. The number of carboxylic acids is 3. The Labute approximate surface area is 533 Å². The zero-order valence-corrected chi connectivity index (χ0v) is 53.2. The maximum atomic E-state index is 13.8. The van der Waals surface area contributed by atoms with E-state index in [1.807, 2.05) is 83.1 Å². The summed E-state index contributed by atoms with van der Waals surface area (Å²) >= 11 is 0. The van der Waals surface area contributed by atoms with Crippen molar-refractivity contribution < 1.29 is 47.7 Å². The number of likely N-dealkylation sites (tertiary alicyclic amines) is 3. The van der Waals surface area contributed by atoms with Crippen LogP contribution in [0.5, 0.6) is 0 Å². The highest BCUT2D eigenvalue weighted by Crippen LogP contribution is 2.35. The first-order valence-electron chi connectivity index (χ1n) is 32.9. The lowest BCUT2D eigenvalue weighted by molar-refractivity contribution is -0.148. The van der Waals surface area contributed by atoms with Gasteiger partial charge in [-0.25, -0.2) is 28.1 Å². The second-order valence-corrected chi connectivity index (χ2v) is 27.8. The number of nitrogens with one attached hydrogen (secondary N) is 6. The number of benzene rings is 2. The summed E-state index contributed by atoms with van der Waals surface area (Å²) in [6.45, 7) is 9.21. The number of fused-ring (bicyclic) bond motifs is 3. The number of amides is 2. The van der Waals surface area contributed by atoms with Crippen molar-refractivity contribution in [1.29, 1.82) is 0 Å². The predicted octanol–water partition coefficient (Wildman–Crippen LogP) is 7.27. The van der Waals surface area contributed by atoms with E-state index < -0.39 is 51.3 Å². The Hall–Kier alpha value is -7.57. The van der Waals surface area contributed by atoms with E-state index in [4.69, 9.17) is 15.0 Å². The van der Waals surface area contributed by atoms with Crippen molar-refractivity contribution in [3.8, 4) is 22.5 Å². The van der Waals surface area contributed by atoms with Crippen LogP contribution in [0, 0.1) is 25.7 Å². The number of pyridine rings is 3. The Morgan fingerprint density at radius 1 is 0.593 bits per heavy atom. The van der Waals surface area contributed by atoms with Gasteiger partial charge < -0.3 is 41.9 Å². The number of anilines is 4. The molecule has 0 radical (unpaired) electrons. The molecule has 3 atom stereocenters. The van der Waals surface area contributed by atoms with E-state index in [0.717, 1.165) is 126 Å². The minimum absolute atomic E-state index is 0.112. The van der Waals surface area contributed by atoms with Crippen LogP contribution in [0.1, 0.15) is 122 Å². The summed E-state index contributed by atoms with van der Waals surface area (Å²) in [5, 5.41) is 47.4. The number of hydrogen-bond donors (Lipinski definition) is 9. The van der Waals surface area contributed by atoms with Gasteiger partial charge in [-0.05, 0) is 225 Å². The predicted molar refractivity (Wildman–Crippen MR) is 350 cm³/mol. The molecule has 3 fully saturated rings. The van der Waals surface area contributed by atoms with Gasteiger partial charge in [0.15, 0.2) is 0 Å². The molecule has 11 rings (SSSR count). The molecule has 0 bridgehead atoms. The first kappa shape index (κ1) is 64.9. The average Bonchev–Trinajstić information content (AvgIpc) is 0.934. The van der Waals surface area contributed by atoms with E-state index in [9.17, 15) is 47.7 Å². The van der Waals surface area contributed by atoms with E-state index in [-0.39, 0.29) is 49.5 Å². The fourth-order valence-corrected chi connectivity index (χ4v) is 15.8. The number of aliphatic carboxylic acids is 3. The van der Waals surface area contributed by atoms with E-state index in [2.05, 4.69) is 43.4 Å². The van der Waals surface area contributed by atoms with E-state index in [1.165, 1.54) is 11.1 Å². The quantitative estimate of drug-likeness (QED) is 0.0274. The molecule has 0 saturated carbocycles. The van der Waals surface area contributed by atoms with Gasteiger partial charge in [-0.2, -0.15) is 0 Å². The van der Waals surface area contributed by atoms with Gasteiger partial charge in [0.25, 0.3) is 0 Å². The van der Waals surface area contributed by atoms with Crippen molar-refractivity contribution in [1.82, 2.24) is 39.7 Å². The van der Waals surface area contributed by atoms with Crippen LogP contribution in [0.2, 0.25) is 0 Å². The Kier molecular flexibility index (Phi) is 21.0. The second kappa shape index (κ2) is 29.4. The molecular formula is C68H88N12O10S. The Morgan fingerprint density at radius 3 is 1.77 bits per heavy atom. The lowest BCUT2D eigenvalue weighted by Gasteiger charge is -2.37. The third-order valence-electron chi connectivity index (χ3n) is 19.7. The van der Waals surface area contributed by atoms with E-state index in [0.29, 0.717) is 109 Å². The van der Waals surface area contributed by atoms with Gasteiger partial charge in [-0.1, -0.05) is 30.3 Å². The van der Waals surface area contributed by atoms with Gasteiger partial charge in [0.05, 0.1) is 16.6 Å². The number of aromatic nitrogens is 3. The number of carboxylic acid groups (broad SMARTS) is 3. The van der Waals surface area contributed by atoms with Crippen LogP contribution in [-0.4, -0.2) is 172 Å². The van der Waals surface area contributed by atoms with Crippen LogP contribution in [-0.2, 0) is 72.6 Å². The van der Waals surface area contributed by atoms with Gasteiger partial charge in [-0.3, -0.25) is 38.7 Å². The number of carbonyl (C=O) groups excluding carboxylic acids is 2. The highest BCUT2D eigenvalue weighted by atomic mass is 32.2. The highest BCUT2D eigenvalue weighted by Gasteiger charge is 2.38. The molecule has 3 saturated heterocycles. The van der Waals surface area contributed by atoms with Crippen molar-refractivity contribution in [3.05, 3.63) is 111 Å². The van der Waals surface area contributed by atoms with Crippen molar-refractivity contribution >= 4 is 62.9 Å². The molecule has 3 unspecified atom stereocenters. The zero-order chi connectivity index (χ0) is 63.8. The SMILES string of the molecule is Cc1ccc(NC(=O)C2CCN(C(CCC(C(=O)O)N3CCC(C(=O)NCc4ccc(C)c(-c5cc(CC(C(=O)O)N6CCC(S(=O)(=O)NCCCc7ccc8c(n7)NCCC8)CC6)c6c(n5)NCCC6)c4)CC3)C(=O)O)CC2)cc1-c1ccc2c(n1)NCCC2. The Morgan fingerprint density at radius 2 is 1.13 bits per heavy atom. The molecule has 0 spiro atoms. The third kappa shape index (κ3) is 15.8. The van der Waals surface area contributed by atoms with E-state index in [1.54, 1.807) is 0 Å². The molecule has 6 aliphatic heterocycles. The first-order valence-corrected chi connectivity index (χ1v) is 34.4. The fourth-order valence-electron chi connectivity index (χ4n) is 14.3. The van der Waals surface area contributed by atoms with Crippen LogP contribution < -0.4 is 31.3 Å². The number of sulfonamides is 1. The number of carbonyl (C=O) groups is 5. The summed E-state index contributed by atoms with van der Waals surface area (Å²) < 4.78 is 29.8. The van der Waals surface area contributed by atoms with Gasteiger partial charge in [0.1, 0.15) is 35.6 Å². The zero-order valence-electron chi connectivity index (χ0n) is 52.4. The minimum atomic E-state index is -3.62. The van der Waals surface area contributed by atoms with Crippen LogP contribution in [0.3, 0.4) is 0 Å². The number of hydrogen-bond acceptors (Lipinski definition) is 16. The summed E-state index contributed by atoms with van der Waals surface area (Å²) in [4.78, 5) is 86.3. The highest BCUT2D eigenvalue weighted by molar-refractivity contribution is 7.90. The Balaban J connectivity index is 0.642. The molecule has 2 aromatic carbocycles. The normalized spacial score (nSPS) is 18.8. The van der Waals surface area contributed by atoms with Crippen molar-refractivity contribution in [2.24, 2.45) is 11.8 Å². The van der Waals surface area contributed by atoms with Crippen LogP contribution in [0.15, 0.2) is 66.7 Å². The van der Waals surface area contributed by atoms with Gasteiger partial charge >= 0.3 is 17.9 Å². The topological polar surface area (TPSA) is 301 Å². The standard InChI is InChI=1S/C68H88N12O10S/c1-42-11-13-44(37-54(42)57-38-49(53-10-6-29-71-63(53)77-57)39-60(68(87)88)80-35-25-52(26-36-80)91(89,90)73-30-5-9-50-17-14-45-7-3-27-69-61(45)74-50)41-72-64(81)47-21-31-78(32-22-47)58(66(83)84)19-20-59(67(85)86)79-33-23-48(24-34-79)65(82)75-51-16-12-43(2)55(40-51)56-18-15-46-8-4-28-70-62(46)76-56/h11-18,37-38,40,47-48,52,58-60,73H,3-10,19-36,39,41H2,1-2H3,(H,69,74)(H,70,76)(H,71,77)(H,72,81)(H,75,82)(H,83,84)(H,85,86)(H,87,88). The number of piperidine rings is 3. The molecule has 9 heterocycles. The molecule has 2 amide bonds. The maximum absolute atomic E-state index is 13.8. The van der Waals surface area contributed by atoms with Crippen molar-refractivity contribution in [3.63, 3.8) is 0 Å². The molecule has 23 heteroatoms. The van der Waals surface area contributed by atoms with Crippen LogP contribution in [0.25, 0.3) is 22.5 Å². The molecule has 0 aliphatic carbocycles. The molecular weight excluding hydrogens is 1180 g/mol. The van der Waals surface area contributed by atoms with Crippen molar-refractivity contribution in [2.75, 3.05) is 86.7 Å². The van der Waals surface area contributed by atoms with Gasteiger partial charge in [0.2, 0.25) is 21.8 Å². The van der Waals surface area contributed by atoms with Crippen LogP contribution >= 0.6 is 0 Å². The largest absolute Gasteiger partial charge is 0.480 e. The lowest BCUT2D eigenvalue weighted by Crippen LogP contribution is -2.50. The molecule has 9 N–H and O–H groups in total. The second-order valence-electron chi connectivity index (χ2n) is 25.7. The number of aryl methyl sites for hydroxylation is 5. The van der Waals surface area contributed by atoms with Gasteiger partial charge in [-0.15, -0.1) is 0 Å². The monoisotopic (exact) mass is 1260 g/mol. The number of rotatable bonds is 24. The minimum Gasteiger partial charge on any atom is -0.480 e. The van der Waals surface area contributed by atoms with Crippen LogP contribution in [0.4, 0.5) is 23.1 Å². The summed E-state index contributed by atoms with van der Waals surface area (Å²) in [6, 6.07) is 19.3. The molecule has 5 aromatic rings. The smallest absolute Gasteiger partial charge is 0.321 e. The van der Waals surface area contributed by atoms with Crippen molar-refractivity contribution in [2.45, 2.75) is 153 Å². The average molecular weight is 1270 g/mol. The van der Waals surface area contributed by atoms with E-state index >= 15 is 0 Å². The first-order chi connectivity index (χ1) is 43.9. The molecule has 3 aromatic heterocycles. The fraction of sp³-hybridized carbons (Fsp3) is 0.529. The summed E-state index contributed by atoms with van der Waals surface area (Å²) in [6.07, 6.45) is 9.91. The third-order valence-corrected chi connectivity index (χ3v) is 21.7. The lowest BCUT2D eigenvalue weighted by atomic mass is 9.91. The summed E-state index contributed by atoms with van der Waals surface area (Å²) in [5.41, 5.74) is 12.0. The molecule has 22 nitrogen and oxygen atoms in total. The Bertz CT molecular complexity index is 3600. The molecule has 91 heavy (non-hydrogen) atoms. The number of nitrogens with zero attached hydrogens (tertiary/aromatic N) is 6. The summed E-state index contributed by atoms with van der Waals surface area (Å²) in [7, 11) is -3.62. The molecule has 486 valence electrons.